The molecule has 0 aliphatic rings. The molecule has 1 atom stereocenters. The molecule has 0 aliphatic carbocycles. The average molecular weight is 293 g/mol. The summed E-state index contributed by atoms with van der Waals surface area (Å²) in [5, 5.41) is 10.1. The van der Waals surface area contributed by atoms with Gasteiger partial charge in [0.05, 0.1) is 19.8 Å². The van der Waals surface area contributed by atoms with E-state index < -0.39 is 0 Å². The molecular weight excluding hydrogens is 266 g/mol. The van der Waals surface area contributed by atoms with Gasteiger partial charge in [0, 0.05) is 26.7 Å². The van der Waals surface area contributed by atoms with E-state index in [0.29, 0.717) is 13.2 Å². The molecule has 21 heavy (non-hydrogen) atoms. The lowest BCUT2D eigenvalue weighted by Crippen LogP contribution is -2.34. The van der Waals surface area contributed by atoms with E-state index in [1.165, 1.54) is 5.56 Å². The zero-order chi connectivity index (χ0) is 15.5. The van der Waals surface area contributed by atoms with Crippen LogP contribution in [0, 0.1) is 0 Å². The van der Waals surface area contributed by atoms with Crippen LogP contribution in [0.25, 0.3) is 0 Å². The highest BCUT2D eigenvalue weighted by atomic mass is 16.5. The molecule has 0 aliphatic heterocycles. The Morgan fingerprint density at radius 1 is 1.38 bits per heavy atom. The number of benzene rings is 1. The van der Waals surface area contributed by atoms with Crippen molar-refractivity contribution < 1.29 is 14.6 Å². The quantitative estimate of drug-likeness (QED) is 0.636. The largest absolute Gasteiger partial charge is 0.497 e. The second-order valence-electron chi connectivity index (χ2n) is 5.10. The number of aliphatic hydroxyl groups is 1. The highest BCUT2D eigenvalue weighted by Gasteiger charge is 2.12. The number of aliphatic hydroxyl groups excluding tert-OH is 1. The molecule has 4 heteroatoms. The predicted octanol–water partition coefficient (Wildman–Crippen LogP) is 2.47. The molecule has 0 unspecified atom stereocenters. The van der Waals surface area contributed by atoms with Crippen molar-refractivity contribution in [3.05, 3.63) is 42.5 Å². The third-order valence-electron chi connectivity index (χ3n) is 3.32. The van der Waals surface area contributed by atoms with Gasteiger partial charge in [-0.2, -0.15) is 0 Å². The molecule has 0 heterocycles. The summed E-state index contributed by atoms with van der Waals surface area (Å²) >= 11 is 0. The summed E-state index contributed by atoms with van der Waals surface area (Å²) < 4.78 is 10.4. The molecule has 0 bridgehead atoms. The Morgan fingerprint density at radius 2 is 2.19 bits per heavy atom. The number of nitrogens with zero attached hydrogens (tertiary/aromatic N) is 1. The normalized spacial score (nSPS) is 12.4. The lowest BCUT2D eigenvalue weighted by molar-refractivity contribution is 0.0809. The van der Waals surface area contributed by atoms with E-state index in [2.05, 4.69) is 17.5 Å². The Bertz CT molecular complexity index is 409. The zero-order valence-corrected chi connectivity index (χ0v) is 13.1. The van der Waals surface area contributed by atoms with Crippen LogP contribution in [-0.4, -0.2) is 50.0 Å². The maximum atomic E-state index is 10.1. The minimum absolute atomic E-state index is 0.342. The number of ether oxygens (including phenoxy) is 2. The summed E-state index contributed by atoms with van der Waals surface area (Å²) in [5.74, 6) is 0.853. The Morgan fingerprint density at radius 3 is 2.86 bits per heavy atom. The number of hydrogen-bond acceptors (Lipinski definition) is 4. The van der Waals surface area contributed by atoms with Crippen LogP contribution in [-0.2, 0) is 11.3 Å². The highest BCUT2D eigenvalue weighted by Crippen LogP contribution is 2.15. The van der Waals surface area contributed by atoms with Gasteiger partial charge in [-0.05, 0) is 30.5 Å². The maximum Gasteiger partial charge on any atom is 0.119 e. The van der Waals surface area contributed by atoms with Crippen molar-refractivity contribution in [3.63, 3.8) is 0 Å². The lowest BCUT2D eigenvalue weighted by Gasteiger charge is -2.25. The van der Waals surface area contributed by atoms with E-state index in [-0.39, 0.29) is 6.10 Å². The third-order valence-corrected chi connectivity index (χ3v) is 3.32. The monoisotopic (exact) mass is 293 g/mol. The van der Waals surface area contributed by atoms with E-state index in [1.54, 1.807) is 14.2 Å². The Labute approximate surface area is 128 Å². The molecule has 1 N–H and O–H groups in total. The fourth-order valence-electron chi connectivity index (χ4n) is 2.18. The van der Waals surface area contributed by atoms with E-state index in [1.807, 2.05) is 24.3 Å². The molecule has 0 fully saturated rings. The average Bonchev–Trinajstić information content (AvgIpc) is 2.50. The standard InChI is InChI=1S/C17H27NO3/c1-4-5-8-16(19)14-18(10-11-20-2)13-15-7-6-9-17(12-15)21-3/h4,6-7,9,12,16,19H,1,5,8,10-11,13-14H2,2-3H3/t16-/m1/s1. The van der Waals surface area contributed by atoms with Gasteiger partial charge in [-0.3, -0.25) is 4.90 Å². The van der Waals surface area contributed by atoms with Gasteiger partial charge in [-0.25, -0.2) is 0 Å². The molecule has 1 aromatic carbocycles. The fraction of sp³-hybridized carbons (Fsp3) is 0.529. The van der Waals surface area contributed by atoms with Gasteiger partial charge in [0.1, 0.15) is 5.75 Å². The minimum Gasteiger partial charge on any atom is -0.497 e. The van der Waals surface area contributed by atoms with Gasteiger partial charge >= 0.3 is 0 Å². The number of allylic oxidation sites excluding steroid dienone is 1. The van der Waals surface area contributed by atoms with E-state index in [9.17, 15) is 5.11 Å². The van der Waals surface area contributed by atoms with Crippen LogP contribution < -0.4 is 4.74 Å². The van der Waals surface area contributed by atoms with Crippen molar-refractivity contribution in [1.29, 1.82) is 0 Å². The van der Waals surface area contributed by atoms with Crippen LogP contribution in [0.1, 0.15) is 18.4 Å². The van der Waals surface area contributed by atoms with Crippen LogP contribution >= 0.6 is 0 Å². The molecule has 0 saturated carbocycles. The van der Waals surface area contributed by atoms with Crippen LogP contribution in [0.3, 0.4) is 0 Å². The summed E-state index contributed by atoms with van der Waals surface area (Å²) in [6.45, 7) is 6.53. The summed E-state index contributed by atoms with van der Waals surface area (Å²) in [4.78, 5) is 2.20. The lowest BCUT2D eigenvalue weighted by atomic mass is 10.1. The van der Waals surface area contributed by atoms with Gasteiger partial charge in [0.2, 0.25) is 0 Å². The smallest absolute Gasteiger partial charge is 0.119 e. The van der Waals surface area contributed by atoms with Crippen molar-refractivity contribution in [3.8, 4) is 5.75 Å². The Hall–Kier alpha value is -1.36. The van der Waals surface area contributed by atoms with Crippen LogP contribution in [0.5, 0.6) is 5.75 Å². The first-order valence-electron chi connectivity index (χ1n) is 7.32. The maximum absolute atomic E-state index is 10.1. The minimum atomic E-state index is -0.342. The summed E-state index contributed by atoms with van der Waals surface area (Å²) in [7, 11) is 3.36. The fourth-order valence-corrected chi connectivity index (χ4v) is 2.18. The van der Waals surface area contributed by atoms with Crippen molar-refractivity contribution in [2.75, 3.05) is 33.9 Å². The number of rotatable bonds is 11. The predicted molar refractivity (Wildman–Crippen MR) is 85.6 cm³/mol. The van der Waals surface area contributed by atoms with E-state index >= 15 is 0 Å². The van der Waals surface area contributed by atoms with Crippen molar-refractivity contribution in [1.82, 2.24) is 4.90 Å². The number of hydrogen-bond donors (Lipinski definition) is 1. The molecule has 0 spiro atoms. The molecule has 0 amide bonds. The molecular formula is C17H27NO3. The second kappa shape index (κ2) is 10.4. The van der Waals surface area contributed by atoms with Crippen molar-refractivity contribution >= 4 is 0 Å². The number of methoxy groups -OCH3 is 2. The SMILES string of the molecule is C=CCC[C@@H](O)CN(CCOC)Cc1cccc(OC)c1. The van der Waals surface area contributed by atoms with Crippen LogP contribution in [0.15, 0.2) is 36.9 Å². The molecule has 0 saturated heterocycles. The molecule has 118 valence electrons. The van der Waals surface area contributed by atoms with E-state index in [0.717, 1.165) is 31.7 Å². The van der Waals surface area contributed by atoms with E-state index in [4.69, 9.17) is 9.47 Å². The van der Waals surface area contributed by atoms with Crippen molar-refractivity contribution in [2.24, 2.45) is 0 Å². The summed E-state index contributed by atoms with van der Waals surface area (Å²) in [6, 6.07) is 8.01. The molecule has 4 nitrogen and oxygen atoms in total. The first-order valence-corrected chi connectivity index (χ1v) is 7.32. The Balaban J connectivity index is 2.60. The zero-order valence-electron chi connectivity index (χ0n) is 13.1. The first kappa shape index (κ1) is 17.7. The molecule has 0 aromatic heterocycles. The molecule has 1 aromatic rings. The van der Waals surface area contributed by atoms with Gasteiger partial charge in [-0.15, -0.1) is 6.58 Å². The van der Waals surface area contributed by atoms with Gasteiger partial charge in [-0.1, -0.05) is 18.2 Å². The third kappa shape index (κ3) is 7.27. The van der Waals surface area contributed by atoms with Crippen LogP contribution in [0.4, 0.5) is 0 Å². The summed E-state index contributed by atoms with van der Waals surface area (Å²) in [5.41, 5.74) is 1.17. The topological polar surface area (TPSA) is 41.9 Å². The van der Waals surface area contributed by atoms with Crippen molar-refractivity contribution in [2.45, 2.75) is 25.5 Å². The Kier molecular flexibility index (Phi) is 8.74. The molecule has 1 rings (SSSR count). The first-order chi connectivity index (χ1) is 10.2. The highest BCUT2D eigenvalue weighted by molar-refractivity contribution is 5.28. The van der Waals surface area contributed by atoms with Crippen LogP contribution in [0.2, 0.25) is 0 Å². The summed E-state index contributed by atoms with van der Waals surface area (Å²) in [6.07, 6.45) is 3.07. The van der Waals surface area contributed by atoms with Gasteiger partial charge in [0.25, 0.3) is 0 Å². The molecule has 0 radical (unpaired) electrons. The van der Waals surface area contributed by atoms with Gasteiger partial charge < -0.3 is 14.6 Å². The van der Waals surface area contributed by atoms with Gasteiger partial charge in [0.15, 0.2) is 0 Å². The second-order valence-corrected chi connectivity index (χ2v) is 5.10.